The topological polar surface area (TPSA) is 61.4 Å². The summed E-state index contributed by atoms with van der Waals surface area (Å²) in [5.41, 5.74) is 0. The number of piperidine rings is 1. The average molecular weight is 264 g/mol. The first-order valence-corrected chi connectivity index (χ1v) is 5.86. The number of nitrogens with zero attached hydrogens (tertiary/aromatic N) is 1. The molecule has 100 valence electrons. The molecule has 1 rings (SSSR count). The summed E-state index contributed by atoms with van der Waals surface area (Å²) in [6, 6.07) is -0.261. The molecule has 2 N–H and O–H groups in total. The maximum Gasteiger partial charge on any atom is 0.242 e. The third kappa shape index (κ3) is 4.52. The number of carbonyl (C=O) groups is 2. The van der Waals surface area contributed by atoms with Crippen molar-refractivity contribution in [3.63, 3.8) is 0 Å². The quantitative estimate of drug-likeness (QED) is 0.759. The molecule has 0 spiro atoms. The highest BCUT2D eigenvalue weighted by Gasteiger charge is 2.30. The number of likely N-dealkylation sites (tertiary alicyclic amines) is 1. The summed E-state index contributed by atoms with van der Waals surface area (Å²) < 4.78 is 0. The molecule has 0 saturated carbocycles. The van der Waals surface area contributed by atoms with Crippen molar-refractivity contribution in [2.45, 2.75) is 31.7 Å². The van der Waals surface area contributed by atoms with E-state index in [2.05, 4.69) is 10.6 Å². The van der Waals surface area contributed by atoms with E-state index in [9.17, 15) is 9.59 Å². The number of halogens is 1. The van der Waals surface area contributed by atoms with Gasteiger partial charge in [-0.15, -0.1) is 12.4 Å². The summed E-state index contributed by atoms with van der Waals surface area (Å²) in [4.78, 5) is 25.3. The number of carbonyl (C=O) groups excluding carboxylic acids is 2. The number of likely N-dealkylation sites (N-methyl/N-ethyl adjacent to an activating group) is 1. The summed E-state index contributed by atoms with van der Waals surface area (Å²) in [6.45, 7) is 1.37. The Morgan fingerprint density at radius 2 is 2.00 bits per heavy atom. The third-order valence-corrected chi connectivity index (χ3v) is 2.96. The van der Waals surface area contributed by atoms with E-state index in [4.69, 9.17) is 0 Å². The van der Waals surface area contributed by atoms with Gasteiger partial charge >= 0.3 is 0 Å². The van der Waals surface area contributed by atoms with Crippen molar-refractivity contribution in [2.75, 3.05) is 27.2 Å². The number of rotatable bonds is 4. The summed E-state index contributed by atoms with van der Waals surface area (Å²) in [5, 5.41) is 5.57. The van der Waals surface area contributed by atoms with Crippen molar-refractivity contribution in [2.24, 2.45) is 0 Å². The molecule has 0 aromatic carbocycles. The molecule has 1 aliphatic rings. The number of hydrogen-bond acceptors (Lipinski definition) is 3. The lowest BCUT2D eigenvalue weighted by molar-refractivity contribution is -0.142. The second kappa shape index (κ2) is 8.31. The Kier molecular flexibility index (Phi) is 7.91. The molecular formula is C11H22ClN3O2. The maximum absolute atomic E-state index is 11.9. The Bertz CT molecular complexity index is 261. The third-order valence-electron chi connectivity index (χ3n) is 2.96. The smallest absolute Gasteiger partial charge is 0.242 e. The minimum absolute atomic E-state index is 0. The highest BCUT2D eigenvalue weighted by molar-refractivity contribution is 5.87. The van der Waals surface area contributed by atoms with Crippen LogP contribution in [0.1, 0.15) is 25.7 Å². The molecule has 1 aliphatic heterocycles. The lowest BCUT2D eigenvalue weighted by Gasteiger charge is -2.34. The van der Waals surface area contributed by atoms with Gasteiger partial charge in [-0.2, -0.15) is 0 Å². The zero-order valence-corrected chi connectivity index (χ0v) is 11.3. The van der Waals surface area contributed by atoms with E-state index in [1.54, 1.807) is 11.9 Å². The van der Waals surface area contributed by atoms with Crippen LogP contribution in [-0.4, -0.2) is 49.9 Å². The van der Waals surface area contributed by atoms with E-state index in [1.165, 1.54) is 0 Å². The monoisotopic (exact) mass is 263 g/mol. The highest BCUT2D eigenvalue weighted by Crippen LogP contribution is 2.17. The molecule has 1 unspecified atom stereocenters. The summed E-state index contributed by atoms with van der Waals surface area (Å²) in [7, 11) is 3.44. The minimum Gasteiger partial charge on any atom is -0.357 e. The van der Waals surface area contributed by atoms with Crippen molar-refractivity contribution in [1.82, 2.24) is 15.5 Å². The van der Waals surface area contributed by atoms with Gasteiger partial charge < -0.3 is 15.5 Å². The molecule has 0 bridgehead atoms. The Hall–Kier alpha value is -0.810. The van der Waals surface area contributed by atoms with Gasteiger partial charge in [0.25, 0.3) is 0 Å². The Labute approximate surface area is 109 Å². The first kappa shape index (κ1) is 16.2. The molecule has 1 atom stereocenters. The molecule has 1 fully saturated rings. The van der Waals surface area contributed by atoms with Gasteiger partial charge in [0.15, 0.2) is 0 Å². The van der Waals surface area contributed by atoms with Crippen LogP contribution >= 0.6 is 12.4 Å². The van der Waals surface area contributed by atoms with Gasteiger partial charge in [-0.05, 0) is 26.3 Å². The minimum atomic E-state index is -0.261. The molecule has 5 nitrogen and oxygen atoms in total. The van der Waals surface area contributed by atoms with Crippen LogP contribution in [0.3, 0.4) is 0 Å². The van der Waals surface area contributed by atoms with Gasteiger partial charge in [0, 0.05) is 26.6 Å². The highest BCUT2D eigenvalue weighted by atomic mass is 35.5. The standard InChI is InChI=1S/C11H21N3O2.ClH/c1-12-7-6-10(15)14-8-4-3-5-9(14)11(16)13-2;/h9,12H,3-8H2,1-2H3,(H,13,16);1H. The van der Waals surface area contributed by atoms with E-state index in [0.717, 1.165) is 19.3 Å². The van der Waals surface area contributed by atoms with Crippen LogP contribution in [0.15, 0.2) is 0 Å². The van der Waals surface area contributed by atoms with Crippen LogP contribution in [-0.2, 0) is 9.59 Å². The maximum atomic E-state index is 11.9. The average Bonchev–Trinajstić information content (AvgIpc) is 2.35. The van der Waals surface area contributed by atoms with Crippen LogP contribution in [0.2, 0.25) is 0 Å². The van der Waals surface area contributed by atoms with Crippen molar-refractivity contribution in [3.05, 3.63) is 0 Å². The summed E-state index contributed by atoms with van der Waals surface area (Å²) >= 11 is 0. The fourth-order valence-electron chi connectivity index (χ4n) is 2.04. The molecule has 0 aliphatic carbocycles. The van der Waals surface area contributed by atoms with Crippen molar-refractivity contribution in [3.8, 4) is 0 Å². The number of nitrogens with one attached hydrogen (secondary N) is 2. The number of amides is 2. The second-order valence-electron chi connectivity index (χ2n) is 4.07. The van der Waals surface area contributed by atoms with Gasteiger partial charge in [0.2, 0.25) is 11.8 Å². The largest absolute Gasteiger partial charge is 0.357 e. The molecule has 1 heterocycles. The van der Waals surface area contributed by atoms with Crippen LogP contribution < -0.4 is 10.6 Å². The summed E-state index contributed by atoms with van der Waals surface area (Å²) in [5.74, 6) is 0.0279. The lowest BCUT2D eigenvalue weighted by Crippen LogP contribution is -2.51. The molecule has 0 aromatic rings. The Morgan fingerprint density at radius 1 is 1.29 bits per heavy atom. The van der Waals surface area contributed by atoms with E-state index in [-0.39, 0.29) is 30.3 Å². The van der Waals surface area contributed by atoms with Crippen molar-refractivity contribution in [1.29, 1.82) is 0 Å². The van der Waals surface area contributed by atoms with E-state index < -0.39 is 0 Å². The van der Waals surface area contributed by atoms with Crippen molar-refractivity contribution < 1.29 is 9.59 Å². The molecule has 1 saturated heterocycles. The second-order valence-corrected chi connectivity index (χ2v) is 4.07. The molecule has 0 radical (unpaired) electrons. The molecule has 0 aromatic heterocycles. The summed E-state index contributed by atoms with van der Waals surface area (Å²) in [6.07, 6.45) is 3.27. The van der Waals surface area contributed by atoms with Gasteiger partial charge in [-0.25, -0.2) is 0 Å². The predicted molar refractivity (Wildman–Crippen MR) is 69.2 cm³/mol. The first-order valence-electron chi connectivity index (χ1n) is 5.86. The predicted octanol–water partition coefficient (Wildman–Crippen LogP) is 0.145. The molecular weight excluding hydrogens is 242 g/mol. The number of hydrogen-bond donors (Lipinski definition) is 2. The van der Waals surface area contributed by atoms with E-state index in [1.807, 2.05) is 7.05 Å². The van der Waals surface area contributed by atoms with Crippen LogP contribution in [0.4, 0.5) is 0 Å². The van der Waals surface area contributed by atoms with Crippen LogP contribution in [0.5, 0.6) is 0 Å². The molecule has 17 heavy (non-hydrogen) atoms. The van der Waals surface area contributed by atoms with Crippen LogP contribution in [0, 0.1) is 0 Å². The molecule has 2 amide bonds. The van der Waals surface area contributed by atoms with Gasteiger partial charge in [0.1, 0.15) is 6.04 Å². The Balaban J connectivity index is 0.00000256. The van der Waals surface area contributed by atoms with Crippen LogP contribution in [0.25, 0.3) is 0 Å². The normalized spacial score (nSPS) is 19.4. The van der Waals surface area contributed by atoms with Gasteiger partial charge in [-0.1, -0.05) is 0 Å². The zero-order valence-electron chi connectivity index (χ0n) is 10.5. The lowest BCUT2D eigenvalue weighted by atomic mass is 10.0. The zero-order chi connectivity index (χ0) is 12.0. The fourth-order valence-corrected chi connectivity index (χ4v) is 2.04. The SMILES string of the molecule is CNCCC(=O)N1CCCCC1C(=O)NC.Cl. The molecule has 6 heteroatoms. The van der Waals surface area contributed by atoms with E-state index >= 15 is 0 Å². The van der Waals surface area contributed by atoms with E-state index in [0.29, 0.717) is 19.5 Å². The first-order chi connectivity index (χ1) is 7.70. The van der Waals surface area contributed by atoms with Crippen molar-refractivity contribution >= 4 is 24.2 Å². The van der Waals surface area contributed by atoms with Gasteiger partial charge in [-0.3, -0.25) is 9.59 Å². The Morgan fingerprint density at radius 3 is 2.59 bits per heavy atom. The fraction of sp³-hybridized carbons (Fsp3) is 0.818. The van der Waals surface area contributed by atoms with Gasteiger partial charge in [0.05, 0.1) is 0 Å².